The summed E-state index contributed by atoms with van der Waals surface area (Å²) in [6.07, 6.45) is 0.332. The third-order valence-corrected chi connectivity index (χ3v) is 2.63. The predicted octanol–water partition coefficient (Wildman–Crippen LogP) is -0.265. The van der Waals surface area contributed by atoms with Gasteiger partial charge in [0.25, 0.3) is 5.56 Å². The topological polar surface area (TPSA) is 110 Å². The lowest BCUT2D eigenvalue weighted by molar-refractivity contribution is -0.105. The minimum atomic E-state index is -0.723. The Morgan fingerprint density at radius 1 is 1.26 bits per heavy atom. The normalized spacial score (nSPS) is 10.1. The molecule has 0 saturated carbocycles. The van der Waals surface area contributed by atoms with Crippen LogP contribution in [0.25, 0.3) is 0 Å². The summed E-state index contributed by atoms with van der Waals surface area (Å²) in [6, 6.07) is 9.15. The summed E-state index contributed by atoms with van der Waals surface area (Å²) in [5.41, 5.74) is 5.11. The van der Waals surface area contributed by atoms with Crippen molar-refractivity contribution in [1.29, 1.82) is 0 Å². The minimum Gasteiger partial charge on any atom is -0.383 e. The Bertz CT molecular complexity index is 703. The number of aromatic amines is 1. The molecule has 0 bridgehead atoms. The molecule has 1 aromatic heterocycles. The van der Waals surface area contributed by atoms with Gasteiger partial charge in [0, 0.05) is 0 Å². The molecule has 7 heteroatoms. The summed E-state index contributed by atoms with van der Waals surface area (Å²) in [5.74, 6) is -0.0790. The van der Waals surface area contributed by atoms with Crippen molar-refractivity contribution in [3.8, 4) is 0 Å². The summed E-state index contributed by atoms with van der Waals surface area (Å²) in [5, 5.41) is 2.19. The lowest BCUT2D eigenvalue weighted by Gasteiger charge is -2.11. The zero-order valence-electron chi connectivity index (χ0n) is 9.92. The van der Waals surface area contributed by atoms with E-state index >= 15 is 0 Å². The van der Waals surface area contributed by atoms with Crippen molar-refractivity contribution >= 4 is 17.9 Å². The number of benzene rings is 1. The van der Waals surface area contributed by atoms with E-state index in [1.165, 1.54) is 4.57 Å². The quantitative estimate of drug-likeness (QED) is 0.657. The molecule has 0 radical (unpaired) electrons. The summed E-state index contributed by atoms with van der Waals surface area (Å²) < 4.78 is 1.18. The molecule has 1 heterocycles. The average Bonchev–Trinajstić information content (AvgIpc) is 2.41. The molecule has 98 valence electrons. The fraction of sp³-hybridized carbons (Fsp3) is 0.0833. The Morgan fingerprint density at radius 2 is 1.95 bits per heavy atom. The standard InChI is InChI=1S/C12H12N4O3/c13-10-9(14-7-17)11(18)15-12(19)16(10)6-8-4-2-1-3-5-8/h1-5,7H,6,13H2,(H,14,17)(H,15,18,19). The van der Waals surface area contributed by atoms with Crippen molar-refractivity contribution in [2.24, 2.45) is 0 Å². The van der Waals surface area contributed by atoms with Crippen LogP contribution in [0.1, 0.15) is 5.56 Å². The summed E-state index contributed by atoms with van der Waals surface area (Å²) in [6.45, 7) is 0.204. The minimum absolute atomic E-state index is 0.0790. The number of nitrogens with zero attached hydrogens (tertiary/aromatic N) is 1. The first-order chi connectivity index (χ1) is 9.13. The van der Waals surface area contributed by atoms with Gasteiger partial charge in [0.2, 0.25) is 6.41 Å². The summed E-state index contributed by atoms with van der Waals surface area (Å²) in [7, 11) is 0. The number of hydrogen-bond acceptors (Lipinski definition) is 4. The van der Waals surface area contributed by atoms with Gasteiger partial charge in [-0.3, -0.25) is 19.1 Å². The number of amides is 1. The molecule has 0 aliphatic carbocycles. The summed E-state index contributed by atoms with van der Waals surface area (Å²) in [4.78, 5) is 35.7. The van der Waals surface area contributed by atoms with Crippen molar-refractivity contribution in [2.45, 2.75) is 6.54 Å². The first-order valence-electron chi connectivity index (χ1n) is 5.50. The third kappa shape index (κ3) is 2.54. The van der Waals surface area contributed by atoms with Crippen LogP contribution in [0, 0.1) is 0 Å². The second kappa shape index (κ2) is 5.21. The van der Waals surface area contributed by atoms with Gasteiger partial charge in [0.1, 0.15) is 11.5 Å². The number of H-pyrrole nitrogens is 1. The van der Waals surface area contributed by atoms with E-state index in [4.69, 9.17) is 5.73 Å². The first kappa shape index (κ1) is 12.6. The Kier molecular flexibility index (Phi) is 3.46. The largest absolute Gasteiger partial charge is 0.383 e. The van der Waals surface area contributed by atoms with Gasteiger partial charge in [-0.2, -0.15) is 0 Å². The van der Waals surface area contributed by atoms with Gasteiger partial charge in [0.15, 0.2) is 0 Å². The van der Waals surface area contributed by atoms with E-state index in [0.717, 1.165) is 5.56 Å². The SMILES string of the molecule is Nc1c(NC=O)c(=O)[nH]c(=O)n1Cc1ccccc1. The van der Waals surface area contributed by atoms with E-state index < -0.39 is 11.2 Å². The lowest BCUT2D eigenvalue weighted by atomic mass is 10.2. The van der Waals surface area contributed by atoms with Crippen LogP contribution < -0.4 is 22.3 Å². The second-order valence-corrected chi connectivity index (χ2v) is 3.85. The molecule has 0 unspecified atom stereocenters. The van der Waals surface area contributed by atoms with E-state index in [1.54, 1.807) is 0 Å². The molecule has 1 aromatic carbocycles. The zero-order chi connectivity index (χ0) is 13.8. The average molecular weight is 260 g/mol. The molecule has 0 atom stereocenters. The summed E-state index contributed by atoms with van der Waals surface area (Å²) >= 11 is 0. The van der Waals surface area contributed by atoms with E-state index in [9.17, 15) is 14.4 Å². The number of carbonyl (C=O) groups is 1. The van der Waals surface area contributed by atoms with Gasteiger partial charge in [0.05, 0.1) is 6.54 Å². The molecular formula is C12H12N4O3. The smallest absolute Gasteiger partial charge is 0.330 e. The van der Waals surface area contributed by atoms with E-state index in [-0.39, 0.29) is 18.1 Å². The van der Waals surface area contributed by atoms with Gasteiger partial charge >= 0.3 is 5.69 Å². The van der Waals surface area contributed by atoms with Gasteiger partial charge in [-0.15, -0.1) is 0 Å². The fourth-order valence-electron chi connectivity index (χ4n) is 1.71. The van der Waals surface area contributed by atoms with Crippen LogP contribution in [0.4, 0.5) is 11.5 Å². The Balaban J connectivity index is 2.51. The van der Waals surface area contributed by atoms with Crippen LogP contribution in [-0.2, 0) is 11.3 Å². The molecule has 7 nitrogen and oxygen atoms in total. The highest BCUT2D eigenvalue weighted by molar-refractivity contribution is 5.77. The molecule has 2 aromatic rings. The van der Waals surface area contributed by atoms with Gasteiger partial charge in [-0.25, -0.2) is 4.79 Å². The van der Waals surface area contributed by atoms with Crippen molar-refractivity contribution in [1.82, 2.24) is 9.55 Å². The van der Waals surface area contributed by atoms with Gasteiger partial charge in [-0.05, 0) is 5.56 Å². The molecular weight excluding hydrogens is 248 g/mol. The molecule has 1 amide bonds. The molecule has 4 N–H and O–H groups in total. The molecule has 2 rings (SSSR count). The molecule has 0 spiro atoms. The number of anilines is 2. The Morgan fingerprint density at radius 3 is 2.58 bits per heavy atom. The first-order valence-corrected chi connectivity index (χ1v) is 5.50. The van der Waals surface area contributed by atoms with Crippen LogP contribution >= 0.6 is 0 Å². The highest BCUT2D eigenvalue weighted by Crippen LogP contribution is 2.11. The molecule has 0 saturated heterocycles. The van der Waals surface area contributed by atoms with E-state index in [2.05, 4.69) is 10.3 Å². The third-order valence-electron chi connectivity index (χ3n) is 2.63. The van der Waals surface area contributed by atoms with Crippen molar-refractivity contribution in [3.05, 3.63) is 56.7 Å². The zero-order valence-corrected chi connectivity index (χ0v) is 9.92. The number of nitrogens with one attached hydrogen (secondary N) is 2. The van der Waals surface area contributed by atoms with Crippen molar-refractivity contribution in [2.75, 3.05) is 11.1 Å². The molecule has 19 heavy (non-hydrogen) atoms. The Labute approximate surface area is 107 Å². The van der Waals surface area contributed by atoms with E-state index in [1.807, 2.05) is 30.3 Å². The van der Waals surface area contributed by atoms with Gasteiger partial charge in [-0.1, -0.05) is 30.3 Å². The highest BCUT2D eigenvalue weighted by Gasteiger charge is 2.11. The van der Waals surface area contributed by atoms with Gasteiger partial charge < -0.3 is 11.1 Å². The fourth-order valence-corrected chi connectivity index (χ4v) is 1.71. The number of rotatable bonds is 4. The second-order valence-electron chi connectivity index (χ2n) is 3.85. The lowest BCUT2D eigenvalue weighted by Crippen LogP contribution is -2.34. The maximum atomic E-state index is 11.7. The number of carbonyl (C=O) groups excluding carboxylic acids is 1. The number of nitrogens with two attached hydrogens (primary N) is 1. The maximum Gasteiger partial charge on any atom is 0.330 e. The molecule has 0 aliphatic heterocycles. The number of aromatic nitrogens is 2. The van der Waals surface area contributed by atoms with E-state index in [0.29, 0.717) is 6.41 Å². The Hall–Kier alpha value is -2.83. The maximum absolute atomic E-state index is 11.7. The predicted molar refractivity (Wildman–Crippen MR) is 71.0 cm³/mol. The van der Waals surface area contributed by atoms with Crippen molar-refractivity contribution < 1.29 is 4.79 Å². The monoisotopic (exact) mass is 260 g/mol. The molecule has 0 fully saturated rings. The van der Waals surface area contributed by atoms with Crippen LogP contribution in [-0.4, -0.2) is 16.0 Å². The van der Waals surface area contributed by atoms with Crippen LogP contribution in [0.15, 0.2) is 39.9 Å². The molecule has 0 aliphatic rings. The highest BCUT2D eigenvalue weighted by atomic mass is 16.2. The van der Waals surface area contributed by atoms with Crippen LogP contribution in [0.5, 0.6) is 0 Å². The van der Waals surface area contributed by atoms with Crippen LogP contribution in [0.2, 0.25) is 0 Å². The van der Waals surface area contributed by atoms with Crippen molar-refractivity contribution in [3.63, 3.8) is 0 Å². The number of nitrogen functional groups attached to an aromatic ring is 1. The number of hydrogen-bond donors (Lipinski definition) is 3. The van der Waals surface area contributed by atoms with Crippen LogP contribution in [0.3, 0.4) is 0 Å².